The van der Waals surface area contributed by atoms with Crippen molar-refractivity contribution in [1.29, 1.82) is 0 Å². The second-order valence-corrected chi connectivity index (χ2v) is 6.74. The number of alkyl halides is 1. The molecule has 0 fully saturated rings. The van der Waals surface area contributed by atoms with Gasteiger partial charge in [0.25, 0.3) is 0 Å². The Morgan fingerprint density at radius 2 is 2.12 bits per heavy atom. The first kappa shape index (κ1) is 13.6. The fraction of sp³-hybridized carbons (Fsp3) is 0.231. The Hall–Kier alpha value is 0.170. The standard InChI is InChI=1S/C13H11Br2ClS/c14-8-10(7-13-12(15)4-5-17-13)9-2-1-3-11(16)6-9/h1-6,10H,7-8H2. The average molecular weight is 395 g/mol. The van der Waals surface area contributed by atoms with Crippen LogP contribution in [0.1, 0.15) is 16.4 Å². The lowest BCUT2D eigenvalue weighted by Crippen LogP contribution is -2.03. The summed E-state index contributed by atoms with van der Waals surface area (Å²) in [6.07, 6.45) is 1.03. The van der Waals surface area contributed by atoms with Crippen molar-refractivity contribution in [3.63, 3.8) is 0 Å². The van der Waals surface area contributed by atoms with Crippen LogP contribution in [-0.2, 0) is 6.42 Å². The molecule has 0 nitrogen and oxygen atoms in total. The molecule has 0 aliphatic rings. The summed E-state index contributed by atoms with van der Waals surface area (Å²) in [5.74, 6) is 0.462. The summed E-state index contributed by atoms with van der Waals surface area (Å²) in [4.78, 5) is 1.38. The van der Waals surface area contributed by atoms with Crippen LogP contribution in [0.3, 0.4) is 0 Å². The Kier molecular flexibility index (Phi) is 5.10. The van der Waals surface area contributed by atoms with Crippen LogP contribution in [0.5, 0.6) is 0 Å². The molecule has 1 heterocycles. The molecule has 0 bridgehead atoms. The predicted molar refractivity (Wildman–Crippen MR) is 83.7 cm³/mol. The minimum absolute atomic E-state index is 0.462. The van der Waals surface area contributed by atoms with Crippen LogP contribution in [0.15, 0.2) is 40.2 Å². The second-order valence-electron chi connectivity index (χ2n) is 3.80. The third-order valence-corrected chi connectivity index (χ3v) is 5.59. The Bertz CT molecular complexity index is 496. The zero-order valence-electron chi connectivity index (χ0n) is 9.00. The van der Waals surface area contributed by atoms with E-state index in [1.165, 1.54) is 14.9 Å². The van der Waals surface area contributed by atoms with E-state index in [1.807, 2.05) is 12.1 Å². The van der Waals surface area contributed by atoms with Crippen LogP contribution in [0, 0.1) is 0 Å². The molecule has 0 aliphatic heterocycles. The number of rotatable bonds is 4. The first-order valence-electron chi connectivity index (χ1n) is 5.24. The molecule has 17 heavy (non-hydrogen) atoms. The number of halogens is 3. The van der Waals surface area contributed by atoms with Gasteiger partial charge in [-0.25, -0.2) is 0 Å². The maximum absolute atomic E-state index is 6.04. The summed E-state index contributed by atoms with van der Waals surface area (Å²) in [5.41, 5.74) is 1.29. The lowest BCUT2D eigenvalue weighted by Gasteiger charge is -2.14. The van der Waals surface area contributed by atoms with E-state index in [1.54, 1.807) is 11.3 Å². The first-order chi connectivity index (χ1) is 8.20. The molecule has 1 aromatic heterocycles. The van der Waals surface area contributed by atoms with E-state index in [4.69, 9.17) is 11.6 Å². The maximum atomic E-state index is 6.04. The largest absolute Gasteiger partial charge is 0.148 e. The van der Waals surface area contributed by atoms with Crippen LogP contribution >= 0.6 is 54.8 Å². The monoisotopic (exact) mass is 392 g/mol. The number of benzene rings is 1. The maximum Gasteiger partial charge on any atom is 0.0408 e. The molecule has 0 N–H and O–H groups in total. The third-order valence-electron chi connectivity index (χ3n) is 2.63. The molecule has 1 aromatic carbocycles. The Morgan fingerprint density at radius 3 is 2.71 bits per heavy atom. The quantitative estimate of drug-likeness (QED) is 0.568. The topological polar surface area (TPSA) is 0 Å². The summed E-state index contributed by atoms with van der Waals surface area (Å²) >= 11 is 15.0. The van der Waals surface area contributed by atoms with Gasteiger partial charge in [-0.15, -0.1) is 11.3 Å². The predicted octanol–water partition coefficient (Wildman–Crippen LogP) is 5.89. The van der Waals surface area contributed by atoms with Crippen molar-refractivity contribution in [3.8, 4) is 0 Å². The van der Waals surface area contributed by atoms with Crippen molar-refractivity contribution in [3.05, 3.63) is 55.6 Å². The van der Waals surface area contributed by atoms with Crippen LogP contribution < -0.4 is 0 Å². The van der Waals surface area contributed by atoms with Gasteiger partial charge in [0.1, 0.15) is 0 Å². The van der Waals surface area contributed by atoms with Gasteiger partial charge < -0.3 is 0 Å². The Morgan fingerprint density at radius 1 is 1.29 bits per heavy atom. The van der Waals surface area contributed by atoms with Crippen molar-refractivity contribution in [2.45, 2.75) is 12.3 Å². The summed E-state index contributed by atoms with van der Waals surface area (Å²) in [6, 6.07) is 10.2. The van der Waals surface area contributed by atoms with E-state index in [2.05, 4.69) is 55.4 Å². The van der Waals surface area contributed by atoms with Crippen molar-refractivity contribution in [2.75, 3.05) is 5.33 Å². The molecular weight excluding hydrogens is 383 g/mol. The van der Waals surface area contributed by atoms with E-state index in [9.17, 15) is 0 Å². The van der Waals surface area contributed by atoms with Crippen molar-refractivity contribution in [1.82, 2.24) is 0 Å². The highest BCUT2D eigenvalue weighted by atomic mass is 79.9. The van der Waals surface area contributed by atoms with E-state index in [0.717, 1.165) is 16.8 Å². The number of hydrogen-bond acceptors (Lipinski definition) is 1. The molecule has 0 saturated heterocycles. The number of thiophene rings is 1. The van der Waals surface area contributed by atoms with Crippen LogP contribution in [0.25, 0.3) is 0 Å². The molecule has 0 aliphatic carbocycles. The van der Waals surface area contributed by atoms with E-state index < -0.39 is 0 Å². The van der Waals surface area contributed by atoms with Crippen molar-refractivity contribution in [2.24, 2.45) is 0 Å². The van der Waals surface area contributed by atoms with Gasteiger partial charge in [0.2, 0.25) is 0 Å². The smallest absolute Gasteiger partial charge is 0.0408 e. The van der Waals surface area contributed by atoms with Gasteiger partial charge in [-0.05, 0) is 57.4 Å². The zero-order valence-corrected chi connectivity index (χ0v) is 13.7. The van der Waals surface area contributed by atoms with Gasteiger partial charge in [-0.2, -0.15) is 0 Å². The minimum atomic E-state index is 0.462. The molecule has 0 radical (unpaired) electrons. The Labute approximate surface area is 127 Å². The molecule has 0 saturated carbocycles. The average Bonchev–Trinajstić information content (AvgIpc) is 2.71. The number of hydrogen-bond donors (Lipinski definition) is 0. The van der Waals surface area contributed by atoms with Gasteiger partial charge in [0.05, 0.1) is 0 Å². The lowest BCUT2D eigenvalue weighted by molar-refractivity contribution is 0.784. The molecule has 0 amide bonds. The highest BCUT2D eigenvalue weighted by Crippen LogP contribution is 2.31. The molecule has 1 unspecified atom stereocenters. The molecule has 4 heteroatoms. The SMILES string of the molecule is Clc1cccc(C(CBr)Cc2sccc2Br)c1. The zero-order chi connectivity index (χ0) is 12.3. The molecule has 2 rings (SSSR count). The highest BCUT2D eigenvalue weighted by Gasteiger charge is 2.14. The van der Waals surface area contributed by atoms with Gasteiger partial charge >= 0.3 is 0 Å². The fourth-order valence-electron chi connectivity index (χ4n) is 1.72. The van der Waals surface area contributed by atoms with Crippen LogP contribution in [0.2, 0.25) is 5.02 Å². The van der Waals surface area contributed by atoms with Crippen LogP contribution in [0.4, 0.5) is 0 Å². The first-order valence-corrected chi connectivity index (χ1v) is 8.41. The van der Waals surface area contributed by atoms with E-state index in [-0.39, 0.29) is 0 Å². The van der Waals surface area contributed by atoms with Gasteiger partial charge in [-0.3, -0.25) is 0 Å². The van der Waals surface area contributed by atoms with Crippen LogP contribution in [-0.4, -0.2) is 5.33 Å². The third kappa shape index (κ3) is 3.57. The summed E-state index contributed by atoms with van der Waals surface area (Å²) < 4.78 is 1.20. The lowest BCUT2D eigenvalue weighted by atomic mass is 9.97. The molecule has 1 atom stereocenters. The van der Waals surface area contributed by atoms with E-state index in [0.29, 0.717) is 5.92 Å². The molecular formula is C13H11Br2ClS. The minimum Gasteiger partial charge on any atom is -0.148 e. The molecule has 2 aromatic rings. The molecule has 90 valence electrons. The summed E-state index contributed by atoms with van der Waals surface area (Å²) in [6.45, 7) is 0. The second kappa shape index (κ2) is 6.37. The van der Waals surface area contributed by atoms with E-state index >= 15 is 0 Å². The summed E-state index contributed by atoms with van der Waals surface area (Å²) in [7, 11) is 0. The van der Waals surface area contributed by atoms with Gasteiger partial charge in [0.15, 0.2) is 0 Å². The summed E-state index contributed by atoms with van der Waals surface area (Å²) in [5, 5.41) is 3.86. The fourth-order valence-corrected chi connectivity index (χ4v) is 4.11. The van der Waals surface area contributed by atoms with Gasteiger partial charge in [-0.1, -0.05) is 39.7 Å². The molecule has 0 spiro atoms. The van der Waals surface area contributed by atoms with Crippen molar-refractivity contribution >= 4 is 54.8 Å². The van der Waals surface area contributed by atoms with Crippen molar-refractivity contribution < 1.29 is 0 Å². The normalized spacial score (nSPS) is 12.6. The Balaban J connectivity index is 2.20. The highest BCUT2D eigenvalue weighted by molar-refractivity contribution is 9.10. The van der Waals surface area contributed by atoms with Gasteiger partial charge in [0, 0.05) is 19.7 Å².